The van der Waals surface area contributed by atoms with E-state index in [0.717, 1.165) is 12.0 Å². The molecule has 0 bridgehead atoms. The van der Waals surface area contributed by atoms with Crippen LogP contribution in [0.3, 0.4) is 0 Å². The highest BCUT2D eigenvalue weighted by molar-refractivity contribution is 5.37. The Kier molecular flexibility index (Phi) is 5.12. The Balaban J connectivity index is 0.000000671. The summed E-state index contributed by atoms with van der Waals surface area (Å²) >= 11 is 0. The molecule has 0 aliphatic carbocycles. The van der Waals surface area contributed by atoms with Gasteiger partial charge in [-0.05, 0) is 12.5 Å². The van der Waals surface area contributed by atoms with Crippen molar-refractivity contribution in [2.45, 2.75) is 27.2 Å². The minimum absolute atomic E-state index is 0.442. The maximum atomic E-state index is 12.5. The molecule has 0 radical (unpaired) electrons. The van der Waals surface area contributed by atoms with E-state index in [0.29, 0.717) is 17.9 Å². The summed E-state index contributed by atoms with van der Waals surface area (Å²) in [6.07, 6.45) is 0.792. The van der Waals surface area contributed by atoms with Gasteiger partial charge in [0, 0.05) is 12.0 Å². The number of rotatable bonds is 1. The number of allylic oxidation sites excluding steroid dienone is 3. The Bertz CT molecular complexity index is 238. The van der Waals surface area contributed by atoms with E-state index in [2.05, 4.69) is 13.2 Å². The molecule has 1 aliphatic heterocycles. The molecule has 0 unspecified atom stereocenters. The molecule has 1 saturated heterocycles. The SMILES string of the molecule is C=C(F)/C(C)=C1/OCCC1=C.CC. The van der Waals surface area contributed by atoms with Gasteiger partial charge in [0.05, 0.1) is 6.61 Å². The minimum Gasteiger partial charge on any atom is -0.493 e. The van der Waals surface area contributed by atoms with Crippen molar-refractivity contribution in [2.24, 2.45) is 0 Å². The first kappa shape index (κ1) is 11.9. The number of hydrogen-bond acceptors (Lipinski definition) is 1. The average molecular weight is 184 g/mol. The second kappa shape index (κ2) is 5.57. The number of halogens is 1. The second-order valence-corrected chi connectivity index (χ2v) is 2.56. The fourth-order valence-corrected chi connectivity index (χ4v) is 0.988. The third kappa shape index (κ3) is 3.05. The summed E-state index contributed by atoms with van der Waals surface area (Å²) in [5.74, 6) is 0.139. The van der Waals surface area contributed by atoms with Gasteiger partial charge in [-0.25, -0.2) is 4.39 Å². The van der Waals surface area contributed by atoms with E-state index >= 15 is 0 Å². The third-order valence-corrected chi connectivity index (χ3v) is 1.72. The van der Waals surface area contributed by atoms with Crippen molar-refractivity contribution in [1.29, 1.82) is 0 Å². The van der Waals surface area contributed by atoms with Crippen LogP contribution >= 0.6 is 0 Å². The molecule has 0 spiro atoms. The molecule has 0 aromatic rings. The van der Waals surface area contributed by atoms with Gasteiger partial charge in [0.15, 0.2) is 0 Å². The van der Waals surface area contributed by atoms with Gasteiger partial charge in [0.1, 0.15) is 11.6 Å². The molecule has 13 heavy (non-hydrogen) atoms. The molecule has 0 aromatic carbocycles. The smallest absolute Gasteiger partial charge is 0.127 e. The number of ether oxygens (including phenoxy) is 1. The van der Waals surface area contributed by atoms with Gasteiger partial charge in [-0.1, -0.05) is 27.0 Å². The van der Waals surface area contributed by atoms with Gasteiger partial charge < -0.3 is 4.74 Å². The lowest BCUT2D eigenvalue weighted by Crippen LogP contribution is -1.87. The monoisotopic (exact) mass is 184 g/mol. The summed E-state index contributed by atoms with van der Waals surface area (Å²) in [6, 6.07) is 0. The molecule has 1 rings (SSSR count). The van der Waals surface area contributed by atoms with Gasteiger partial charge in [-0.2, -0.15) is 0 Å². The van der Waals surface area contributed by atoms with Crippen LogP contribution in [0, 0.1) is 0 Å². The van der Waals surface area contributed by atoms with E-state index in [1.165, 1.54) is 0 Å². The Morgan fingerprint density at radius 3 is 2.31 bits per heavy atom. The van der Waals surface area contributed by atoms with Crippen LogP contribution in [0.25, 0.3) is 0 Å². The van der Waals surface area contributed by atoms with Crippen LogP contribution in [-0.4, -0.2) is 6.61 Å². The van der Waals surface area contributed by atoms with Crippen LogP contribution in [0.2, 0.25) is 0 Å². The highest BCUT2D eigenvalue weighted by Gasteiger charge is 2.16. The molecule has 1 heterocycles. The normalized spacial score (nSPS) is 18.6. The van der Waals surface area contributed by atoms with E-state index in [9.17, 15) is 4.39 Å². The maximum Gasteiger partial charge on any atom is 0.127 e. The second-order valence-electron chi connectivity index (χ2n) is 2.56. The molecule has 1 fully saturated rings. The first-order valence-corrected chi connectivity index (χ1v) is 4.49. The molecule has 0 atom stereocenters. The van der Waals surface area contributed by atoms with Crippen LogP contribution in [0.15, 0.2) is 35.9 Å². The van der Waals surface area contributed by atoms with Gasteiger partial charge in [-0.3, -0.25) is 0 Å². The van der Waals surface area contributed by atoms with Crippen molar-refractivity contribution in [3.63, 3.8) is 0 Å². The topological polar surface area (TPSA) is 9.23 Å². The fraction of sp³-hybridized carbons (Fsp3) is 0.455. The Morgan fingerprint density at radius 2 is 2.00 bits per heavy atom. The molecule has 0 saturated carbocycles. The Morgan fingerprint density at radius 1 is 1.46 bits per heavy atom. The highest BCUT2D eigenvalue weighted by atomic mass is 19.1. The Hall–Kier alpha value is -1.05. The molecule has 1 aliphatic rings. The zero-order chi connectivity index (χ0) is 10.4. The molecule has 1 nitrogen and oxygen atoms in total. The standard InChI is InChI=1S/C9H11FO.C2H6/c1-6-4-5-11-9(6)7(2)8(3)10;1-2/h1,3-5H2,2H3;1-2H3/b9-7+;. The van der Waals surface area contributed by atoms with Crippen molar-refractivity contribution in [3.05, 3.63) is 35.9 Å². The van der Waals surface area contributed by atoms with Crippen molar-refractivity contribution < 1.29 is 9.13 Å². The summed E-state index contributed by atoms with van der Waals surface area (Å²) in [7, 11) is 0. The zero-order valence-corrected chi connectivity index (χ0v) is 8.61. The molecule has 2 heteroatoms. The highest BCUT2D eigenvalue weighted by Crippen LogP contribution is 2.27. The summed E-state index contributed by atoms with van der Waals surface area (Å²) in [5, 5.41) is 0. The van der Waals surface area contributed by atoms with Gasteiger partial charge in [0.25, 0.3) is 0 Å². The quantitative estimate of drug-likeness (QED) is 0.603. The van der Waals surface area contributed by atoms with Gasteiger partial charge in [0.2, 0.25) is 0 Å². The van der Waals surface area contributed by atoms with Crippen LogP contribution in [-0.2, 0) is 4.74 Å². The fourth-order valence-electron chi connectivity index (χ4n) is 0.988. The van der Waals surface area contributed by atoms with Gasteiger partial charge >= 0.3 is 0 Å². The van der Waals surface area contributed by atoms with E-state index < -0.39 is 5.83 Å². The van der Waals surface area contributed by atoms with E-state index in [4.69, 9.17) is 4.74 Å². The van der Waals surface area contributed by atoms with Crippen LogP contribution in [0.4, 0.5) is 4.39 Å². The molecule has 0 amide bonds. The van der Waals surface area contributed by atoms with E-state index in [1.807, 2.05) is 13.8 Å². The van der Waals surface area contributed by atoms with E-state index in [1.54, 1.807) is 6.92 Å². The molecule has 0 aromatic heterocycles. The lowest BCUT2D eigenvalue weighted by molar-refractivity contribution is 0.262. The molecular weight excluding hydrogens is 167 g/mol. The first-order valence-electron chi connectivity index (χ1n) is 4.49. The molecule has 0 N–H and O–H groups in total. The van der Waals surface area contributed by atoms with Crippen LogP contribution < -0.4 is 0 Å². The van der Waals surface area contributed by atoms with Crippen molar-refractivity contribution in [2.75, 3.05) is 6.61 Å². The lowest BCUT2D eigenvalue weighted by atomic mass is 10.1. The first-order chi connectivity index (χ1) is 6.13. The summed E-state index contributed by atoms with van der Waals surface area (Å²) < 4.78 is 17.7. The molecule has 74 valence electrons. The van der Waals surface area contributed by atoms with Crippen LogP contribution in [0.1, 0.15) is 27.2 Å². The van der Waals surface area contributed by atoms with Crippen molar-refractivity contribution >= 4 is 0 Å². The maximum absolute atomic E-state index is 12.5. The summed E-state index contributed by atoms with van der Waals surface area (Å²) in [6.45, 7) is 13.2. The number of hydrogen-bond donors (Lipinski definition) is 0. The zero-order valence-electron chi connectivity index (χ0n) is 8.61. The largest absolute Gasteiger partial charge is 0.493 e. The van der Waals surface area contributed by atoms with Crippen molar-refractivity contribution in [3.8, 4) is 0 Å². The summed E-state index contributed by atoms with van der Waals surface area (Å²) in [5.41, 5.74) is 1.33. The van der Waals surface area contributed by atoms with Gasteiger partial charge in [-0.15, -0.1) is 0 Å². The predicted octanol–water partition coefficient (Wildman–Crippen LogP) is 3.75. The van der Waals surface area contributed by atoms with E-state index in [-0.39, 0.29) is 0 Å². The minimum atomic E-state index is -0.442. The van der Waals surface area contributed by atoms with Crippen LogP contribution in [0.5, 0.6) is 0 Å². The third-order valence-electron chi connectivity index (χ3n) is 1.72. The average Bonchev–Trinajstić information content (AvgIpc) is 2.53. The lowest BCUT2D eigenvalue weighted by Gasteiger charge is -2.02. The Labute approximate surface area is 79.6 Å². The van der Waals surface area contributed by atoms with Crippen molar-refractivity contribution in [1.82, 2.24) is 0 Å². The molecular formula is C11H17FO. The predicted molar refractivity (Wildman–Crippen MR) is 54.0 cm³/mol. The summed E-state index contributed by atoms with van der Waals surface area (Å²) in [4.78, 5) is 0.